The van der Waals surface area contributed by atoms with Crippen molar-refractivity contribution >= 4 is 17.6 Å². The van der Waals surface area contributed by atoms with Gasteiger partial charge < -0.3 is 14.6 Å². The van der Waals surface area contributed by atoms with E-state index in [0.717, 1.165) is 0 Å². The predicted octanol–water partition coefficient (Wildman–Crippen LogP) is 3.91. The second-order valence-corrected chi connectivity index (χ2v) is 5.31. The Balaban J connectivity index is 2.49. The van der Waals surface area contributed by atoms with E-state index in [0.29, 0.717) is 17.1 Å². The number of carboxylic acid groups (broad SMARTS) is 1. The number of aliphatic carboxylic acids is 1. The Morgan fingerprint density at radius 1 is 1.26 bits per heavy atom. The largest absolute Gasteiger partial charge is 0.497 e. The zero-order chi connectivity index (χ0) is 17.0. The van der Waals surface area contributed by atoms with Gasteiger partial charge in [0.05, 0.1) is 20.1 Å². The minimum atomic E-state index is -1.10. The van der Waals surface area contributed by atoms with E-state index in [1.807, 2.05) is 0 Å². The Morgan fingerprint density at radius 3 is 2.57 bits per heavy atom. The van der Waals surface area contributed by atoms with Gasteiger partial charge in [-0.15, -0.1) is 0 Å². The van der Waals surface area contributed by atoms with Gasteiger partial charge in [-0.3, -0.25) is 4.79 Å². The summed E-state index contributed by atoms with van der Waals surface area (Å²) in [5.41, 5.74) is 0.560. The van der Waals surface area contributed by atoms with Gasteiger partial charge in [-0.2, -0.15) is 0 Å². The molecule has 0 aliphatic heterocycles. The molecule has 0 aliphatic rings. The van der Waals surface area contributed by atoms with Gasteiger partial charge in [0.2, 0.25) is 0 Å². The highest BCUT2D eigenvalue weighted by atomic mass is 35.5. The van der Waals surface area contributed by atoms with Gasteiger partial charge in [0.1, 0.15) is 17.3 Å². The highest BCUT2D eigenvalue weighted by molar-refractivity contribution is 6.31. The molecule has 0 aromatic heterocycles. The molecule has 1 atom stereocenters. The standard InChI is InChI=1S/C17H16ClFO4/c1-22-10-6-7-16(23-2)11(8-10)12(17(20)21)9-13-14(18)4-3-5-15(13)19/h3-8,12H,9H2,1-2H3,(H,20,21). The van der Waals surface area contributed by atoms with Gasteiger partial charge in [-0.1, -0.05) is 17.7 Å². The number of ether oxygens (including phenoxy) is 2. The first-order chi connectivity index (χ1) is 11.0. The lowest BCUT2D eigenvalue weighted by Crippen LogP contribution is -2.16. The summed E-state index contributed by atoms with van der Waals surface area (Å²) in [6.45, 7) is 0. The summed E-state index contributed by atoms with van der Waals surface area (Å²) in [5.74, 6) is -1.77. The molecule has 23 heavy (non-hydrogen) atoms. The fourth-order valence-electron chi connectivity index (χ4n) is 2.37. The first-order valence-electron chi connectivity index (χ1n) is 6.85. The first kappa shape index (κ1) is 17.1. The van der Waals surface area contributed by atoms with Crippen molar-refractivity contribution in [2.24, 2.45) is 0 Å². The third-order valence-corrected chi connectivity index (χ3v) is 3.93. The molecule has 1 unspecified atom stereocenters. The van der Waals surface area contributed by atoms with E-state index in [4.69, 9.17) is 21.1 Å². The molecule has 0 spiro atoms. The van der Waals surface area contributed by atoms with Crippen LogP contribution in [-0.2, 0) is 11.2 Å². The summed E-state index contributed by atoms with van der Waals surface area (Å²) >= 11 is 6.01. The number of halogens is 2. The summed E-state index contributed by atoms with van der Waals surface area (Å²) in [6, 6.07) is 9.12. The van der Waals surface area contributed by atoms with Crippen molar-refractivity contribution in [1.29, 1.82) is 0 Å². The summed E-state index contributed by atoms with van der Waals surface area (Å²) in [4.78, 5) is 11.7. The van der Waals surface area contributed by atoms with Crippen LogP contribution >= 0.6 is 11.6 Å². The maximum atomic E-state index is 14.0. The Labute approximate surface area is 138 Å². The maximum Gasteiger partial charge on any atom is 0.311 e. The monoisotopic (exact) mass is 338 g/mol. The molecule has 0 fully saturated rings. The summed E-state index contributed by atoms with van der Waals surface area (Å²) in [5, 5.41) is 9.78. The van der Waals surface area contributed by atoms with Crippen LogP contribution in [0.25, 0.3) is 0 Å². The minimum Gasteiger partial charge on any atom is -0.497 e. The zero-order valence-corrected chi connectivity index (χ0v) is 13.4. The van der Waals surface area contributed by atoms with Crippen LogP contribution in [0, 0.1) is 5.82 Å². The van der Waals surface area contributed by atoms with E-state index in [1.54, 1.807) is 18.2 Å². The van der Waals surface area contributed by atoms with Crippen molar-refractivity contribution in [2.45, 2.75) is 12.3 Å². The van der Waals surface area contributed by atoms with E-state index in [-0.39, 0.29) is 17.0 Å². The quantitative estimate of drug-likeness (QED) is 0.867. The molecule has 0 radical (unpaired) electrons. The molecule has 122 valence electrons. The molecule has 4 nitrogen and oxygen atoms in total. The minimum absolute atomic E-state index is 0.0929. The van der Waals surface area contributed by atoms with Crippen molar-refractivity contribution in [2.75, 3.05) is 14.2 Å². The predicted molar refractivity (Wildman–Crippen MR) is 85.0 cm³/mol. The highest BCUT2D eigenvalue weighted by Crippen LogP contribution is 2.34. The molecule has 0 aliphatic carbocycles. The van der Waals surface area contributed by atoms with Crippen molar-refractivity contribution in [1.82, 2.24) is 0 Å². The number of carbonyl (C=O) groups is 1. The van der Waals surface area contributed by atoms with Gasteiger partial charge in [0, 0.05) is 16.1 Å². The second-order valence-electron chi connectivity index (χ2n) is 4.90. The Kier molecular flexibility index (Phi) is 5.45. The fourth-order valence-corrected chi connectivity index (χ4v) is 2.61. The van der Waals surface area contributed by atoms with Gasteiger partial charge in [-0.05, 0) is 36.8 Å². The molecule has 1 N–H and O–H groups in total. The SMILES string of the molecule is COc1ccc(OC)c(C(Cc2c(F)cccc2Cl)C(=O)O)c1. The van der Waals surface area contributed by atoms with Gasteiger partial charge in [0.25, 0.3) is 0 Å². The fraction of sp³-hybridized carbons (Fsp3) is 0.235. The van der Waals surface area contributed by atoms with E-state index >= 15 is 0 Å². The van der Waals surface area contributed by atoms with Gasteiger partial charge >= 0.3 is 5.97 Å². The lowest BCUT2D eigenvalue weighted by molar-refractivity contribution is -0.138. The van der Waals surface area contributed by atoms with Crippen molar-refractivity contribution in [3.05, 3.63) is 58.4 Å². The van der Waals surface area contributed by atoms with Crippen LogP contribution in [0.1, 0.15) is 17.0 Å². The number of hydrogen-bond acceptors (Lipinski definition) is 3. The molecule has 0 amide bonds. The molecule has 0 saturated heterocycles. The average molecular weight is 339 g/mol. The Morgan fingerprint density at radius 2 is 2.00 bits per heavy atom. The van der Waals surface area contributed by atoms with E-state index < -0.39 is 17.7 Å². The van der Waals surface area contributed by atoms with Crippen LogP contribution in [0.15, 0.2) is 36.4 Å². The van der Waals surface area contributed by atoms with Crippen LogP contribution in [0.3, 0.4) is 0 Å². The Bertz CT molecular complexity index is 697. The zero-order valence-electron chi connectivity index (χ0n) is 12.7. The third kappa shape index (κ3) is 3.74. The van der Waals surface area contributed by atoms with Crippen LogP contribution in [0.4, 0.5) is 4.39 Å². The van der Waals surface area contributed by atoms with Crippen molar-refractivity contribution in [3.63, 3.8) is 0 Å². The van der Waals surface area contributed by atoms with Gasteiger partial charge in [-0.25, -0.2) is 4.39 Å². The van der Waals surface area contributed by atoms with Crippen LogP contribution in [0.2, 0.25) is 5.02 Å². The average Bonchev–Trinajstić information content (AvgIpc) is 2.53. The molecule has 6 heteroatoms. The summed E-state index contributed by atoms with van der Waals surface area (Å²) in [6.07, 6.45) is -0.0929. The van der Waals surface area contributed by atoms with Crippen molar-refractivity contribution < 1.29 is 23.8 Å². The second kappa shape index (κ2) is 7.33. The van der Waals surface area contributed by atoms with Crippen molar-refractivity contribution in [3.8, 4) is 11.5 Å². The van der Waals surface area contributed by atoms with Crippen LogP contribution < -0.4 is 9.47 Å². The molecule has 0 bridgehead atoms. The van der Waals surface area contributed by atoms with E-state index in [9.17, 15) is 14.3 Å². The van der Waals surface area contributed by atoms with Gasteiger partial charge in [0.15, 0.2) is 0 Å². The van der Waals surface area contributed by atoms with E-state index in [2.05, 4.69) is 0 Å². The Hall–Kier alpha value is -2.27. The number of carboxylic acids is 1. The summed E-state index contributed by atoms with van der Waals surface area (Å²) in [7, 11) is 2.93. The smallest absolute Gasteiger partial charge is 0.311 e. The number of hydrogen-bond donors (Lipinski definition) is 1. The van der Waals surface area contributed by atoms with E-state index in [1.165, 1.54) is 32.4 Å². The molecule has 0 saturated carbocycles. The number of rotatable bonds is 6. The number of methoxy groups -OCH3 is 2. The molecular formula is C17H16ClFO4. The molecule has 2 rings (SSSR count). The molecule has 2 aromatic rings. The molecule has 2 aromatic carbocycles. The number of benzene rings is 2. The van der Waals surface area contributed by atoms with Crippen LogP contribution in [-0.4, -0.2) is 25.3 Å². The normalized spacial score (nSPS) is 11.8. The highest BCUT2D eigenvalue weighted by Gasteiger charge is 2.26. The first-order valence-corrected chi connectivity index (χ1v) is 7.23. The molecular weight excluding hydrogens is 323 g/mol. The maximum absolute atomic E-state index is 14.0. The summed E-state index contributed by atoms with van der Waals surface area (Å²) < 4.78 is 24.3. The lowest BCUT2D eigenvalue weighted by Gasteiger charge is -2.18. The third-order valence-electron chi connectivity index (χ3n) is 3.58. The molecule has 0 heterocycles. The lowest BCUT2D eigenvalue weighted by atomic mass is 9.91. The topological polar surface area (TPSA) is 55.8 Å². The van der Waals surface area contributed by atoms with Crippen LogP contribution in [0.5, 0.6) is 11.5 Å².